The Kier molecular flexibility index (Phi) is 5.79. The highest BCUT2D eigenvalue weighted by atomic mass is 16.5. The van der Waals surface area contributed by atoms with Crippen molar-refractivity contribution in [3.63, 3.8) is 0 Å². The normalized spacial score (nSPS) is 15.1. The van der Waals surface area contributed by atoms with Crippen molar-refractivity contribution in [2.75, 3.05) is 26.7 Å². The van der Waals surface area contributed by atoms with E-state index in [1.54, 1.807) is 0 Å². The van der Waals surface area contributed by atoms with Crippen LogP contribution in [0.3, 0.4) is 0 Å². The van der Waals surface area contributed by atoms with Gasteiger partial charge in [0.1, 0.15) is 0 Å². The van der Waals surface area contributed by atoms with Crippen LogP contribution in [0.2, 0.25) is 0 Å². The molecule has 0 heterocycles. The van der Waals surface area contributed by atoms with Crippen LogP contribution in [0.25, 0.3) is 0 Å². The van der Waals surface area contributed by atoms with E-state index in [2.05, 4.69) is 44.9 Å². The highest BCUT2D eigenvalue weighted by molar-refractivity contribution is 5.23. The zero-order valence-electron chi connectivity index (χ0n) is 12.0. The van der Waals surface area contributed by atoms with Gasteiger partial charge in [-0.15, -0.1) is 0 Å². The van der Waals surface area contributed by atoms with Crippen molar-refractivity contribution in [1.82, 2.24) is 4.90 Å². The zero-order chi connectivity index (χ0) is 13.6. The largest absolute Gasteiger partial charge is 0.377 e. The fraction of sp³-hybridized carbons (Fsp3) is 0.600. The molecule has 0 spiro atoms. The molecular formula is C15H26N2O. The van der Waals surface area contributed by atoms with E-state index in [1.807, 2.05) is 18.2 Å². The van der Waals surface area contributed by atoms with Gasteiger partial charge < -0.3 is 15.4 Å². The first kappa shape index (κ1) is 15.2. The Balaban J connectivity index is 2.45. The maximum absolute atomic E-state index is 6.39. The summed E-state index contributed by atoms with van der Waals surface area (Å²) in [6.07, 6.45) is 0.289. The third-order valence-electron chi connectivity index (χ3n) is 2.96. The Morgan fingerprint density at radius 3 is 2.44 bits per heavy atom. The van der Waals surface area contributed by atoms with Crippen LogP contribution in [0.5, 0.6) is 0 Å². The lowest BCUT2D eigenvalue weighted by atomic mass is 9.93. The molecule has 1 aromatic carbocycles. The van der Waals surface area contributed by atoms with Crippen LogP contribution < -0.4 is 5.73 Å². The molecule has 0 radical (unpaired) electrons. The molecule has 1 atom stereocenters. The van der Waals surface area contributed by atoms with Crippen LogP contribution in [0.4, 0.5) is 0 Å². The van der Waals surface area contributed by atoms with Gasteiger partial charge in [-0.2, -0.15) is 0 Å². The predicted octanol–water partition coefficient (Wildman–Crippen LogP) is 2.22. The lowest BCUT2D eigenvalue weighted by Crippen LogP contribution is -2.45. The summed E-state index contributed by atoms with van der Waals surface area (Å²) >= 11 is 0. The minimum atomic E-state index is -0.326. The van der Waals surface area contributed by atoms with Gasteiger partial charge in [0.25, 0.3) is 0 Å². The third-order valence-corrected chi connectivity index (χ3v) is 2.96. The van der Waals surface area contributed by atoms with Gasteiger partial charge in [0.15, 0.2) is 0 Å². The second kappa shape index (κ2) is 6.88. The number of nitrogens with two attached hydrogens (primary N) is 1. The lowest BCUT2D eigenvalue weighted by Gasteiger charge is -2.30. The quantitative estimate of drug-likeness (QED) is 0.806. The summed E-state index contributed by atoms with van der Waals surface area (Å²) in [4.78, 5) is 2.22. The highest BCUT2D eigenvalue weighted by Crippen LogP contribution is 2.18. The van der Waals surface area contributed by atoms with Crippen molar-refractivity contribution in [3.8, 4) is 0 Å². The molecule has 0 aromatic heterocycles. The van der Waals surface area contributed by atoms with Crippen molar-refractivity contribution >= 4 is 0 Å². The molecule has 2 N–H and O–H groups in total. The Morgan fingerprint density at radius 2 is 1.89 bits per heavy atom. The average Bonchev–Trinajstić information content (AvgIpc) is 2.29. The number of ether oxygens (including phenoxy) is 1. The van der Waals surface area contributed by atoms with Crippen molar-refractivity contribution < 1.29 is 4.74 Å². The molecule has 102 valence electrons. The molecule has 3 heteroatoms. The Bertz CT molecular complexity index is 336. The van der Waals surface area contributed by atoms with Crippen molar-refractivity contribution in [2.24, 2.45) is 5.73 Å². The average molecular weight is 250 g/mol. The maximum atomic E-state index is 6.39. The van der Waals surface area contributed by atoms with Crippen LogP contribution >= 0.6 is 0 Å². The Hall–Kier alpha value is -0.900. The van der Waals surface area contributed by atoms with E-state index in [4.69, 9.17) is 10.5 Å². The minimum Gasteiger partial charge on any atom is -0.377 e. The summed E-state index contributed by atoms with van der Waals surface area (Å²) in [5, 5.41) is 0. The van der Waals surface area contributed by atoms with Gasteiger partial charge in [-0.25, -0.2) is 0 Å². The standard InChI is InChI=1S/C15H26N2O/c1-13(2)18-11-10-17(4)12-15(3,16)14-8-6-5-7-9-14/h5-9,13H,10-12,16H2,1-4H3. The molecule has 3 nitrogen and oxygen atoms in total. The molecule has 0 saturated heterocycles. The molecule has 0 saturated carbocycles. The van der Waals surface area contributed by atoms with E-state index in [9.17, 15) is 0 Å². The number of benzene rings is 1. The summed E-state index contributed by atoms with van der Waals surface area (Å²) in [5.74, 6) is 0. The number of nitrogens with zero attached hydrogens (tertiary/aromatic N) is 1. The van der Waals surface area contributed by atoms with Gasteiger partial charge in [0.2, 0.25) is 0 Å². The molecule has 0 aliphatic heterocycles. The molecule has 0 aliphatic carbocycles. The van der Waals surface area contributed by atoms with Crippen LogP contribution in [-0.4, -0.2) is 37.7 Å². The van der Waals surface area contributed by atoms with Crippen LogP contribution in [0, 0.1) is 0 Å². The van der Waals surface area contributed by atoms with Gasteiger partial charge in [0, 0.05) is 13.1 Å². The number of rotatable bonds is 7. The van der Waals surface area contributed by atoms with E-state index < -0.39 is 0 Å². The number of likely N-dealkylation sites (N-methyl/N-ethyl adjacent to an activating group) is 1. The number of hydrogen-bond donors (Lipinski definition) is 1. The van der Waals surface area contributed by atoms with E-state index in [0.29, 0.717) is 0 Å². The molecule has 0 amide bonds. The van der Waals surface area contributed by atoms with E-state index in [-0.39, 0.29) is 11.6 Å². The summed E-state index contributed by atoms with van der Waals surface area (Å²) in [6, 6.07) is 10.2. The Morgan fingerprint density at radius 1 is 1.28 bits per heavy atom. The van der Waals surface area contributed by atoms with Gasteiger partial charge >= 0.3 is 0 Å². The second-order valence-corrected chi connectivity index (χ2v) is 5.44. The zero-order valence-corrected chi connectivity index (χ0v) is 12.0. The van der Waals surface area contributed by atoms with Crippen molar-refractivity contribution in [3.05, 3.63) is 35.9 Å². The molecule has 0 bridgehead atoms. The molecular weight excluding hydrogens is 224 g/mol. The first-order valence-electron chi connectivity index (χ1n) is 6.56. The van der Waals surface area contributed by atoms with Crippen LogP contribution in [-0.2, 0) is 10.3 Å². The highest BCUT2D eigenvalue weighted by Gasteiger charge is 2.22. The van der Waals surface area contributed by atoms with E-state index in [0.717, 1.165) is 19.7 Å². The summed E-state index contributed by atoms with van der Waals surface area (Å²) < 4.78 is 5.55. The molecule has 1 rings (SSSR count). The van der Waals surface area contributed by atoms with Crippen molar-refractivity contribution in [2.45, 2.75) is 32.4 Å². The van der Waals surface area contributed by atoms with Crippen LogP contribution in [0.1, 0.15) is 26.3 Å². The lowest BCUT2D eigenvalue weighted by molar-refractivity contribution is 0.0604. The molecule has 1 aromatic rings. The smallest absolute Gasteiger partial charge is 0.0596 e. The van der Waals surface area contributed by atoms with Crippen LogP contribution in [0.15, 0.2) is 30.3 Å². The van der Waals surface area contributed by atoms with Gasteiger partial charge in [-0.1, -0.05) is 30.3 Å². The second-order valence-electron chi connectivity index (χ2n) is 5.44. The Labute approximate surface area is 111 Å². The summed E-state index contributed by atoms with van der Waals surface area (Å²) in [5.41, 5.74) is 7.23. The molecule has 18 heavy (non-hydrogen) atoms. The summed E-state index contributed by atoms with van der Waals surface area (Å²) in [7, 11) is 2.08. The maximum Gasteiger partial charge on any atom is 0.0596 e. The van der Waals surface area contributed by atoms with Gasteiger partial charge in [-0.3, -0.25) is 0 Å². The molecule has 0 aliphatic rings. The van der Waals surface area contributed by atoms with E-state index in [1.165, 1.54) is 5.56 Å². The first-order chi connectivity index (χ1) is 8.42. The van der Waals surface area contributed by atoms with Gasteiger partial charge in [0.05, 0.1) is 18.2 Å². The first-order valence-corrected chi connectivity index (χ1v) is 6.56. The fourth-order valence-electron chi connectivity index (χ4n) is 1.99. The van der Waals surface area contributed by atoms with Gasteiger partial charge in [-0.05, 0) is 33.4 Å². The topological polar surface area (TPSA) is 38.5 Å². The molecule has 1 unspecified atom stereocenters. The van der Waals surface area contributed by atoms with E-state index >= 15 is 0 Å². The SMILES string of the molecule is CC(C)OCCN(C)CC(C)(N)c1ccccc1. The monoisotopic (exact) mass is 250 g/mol. The minimum absolute atomic E-state index is 0.289. The number of hydrogen-bond acceptors (Lipinski definition) is 3. The van der Waals surface area contributed by atoms with Crippen molar-refractivity contribution in [1.29, 1.82) is 0 Å². The third kappa shape index (κ3) is 5.17. The molecule has 0 fully saturated rings. The fourth-order valence-corrected chi connectivity index (χ4v) is 1.99. The summed E-state index contributed by atoms with van der Waals surface area (Å²) in [6.45, 7) is 8.64. The predicted molar refractivity (Wildman–Crippen MR) is 76.6 cm³/mol.